The number of aromatic nitrogens is 2. The second-order valence-corrected chi connectivity index (χ2v) is 5.26. The largest absolute Gasteiger partial charge is 0.382 e. The molecule has 2 aromatic carbocycles. The summed E-state index contributed by atoms with van der Waals surface area (Å²) in [5, 5.41) is 7.90. The molecule has 3 nitrogen and oxygen atoms in total. The first kappa shape index (κ1) is 13.7. The van der Waals surface area contributed by atoms with Crippen LogP contribution in [0.3, 0.4) is 0 Å². The fourth-order valence-electron chi connectivity index (χ4n) is 2.56. The number of aromatic amines is 1. The van der Waals surface area contributed by atoms with E-state index < -0.39 is 0 Å². The summed E-state index contributed by atoms with van der Waals surface area (Å²) in [7, 11) is 0. The number of rotatable bonds is 3. The van der Waals surface area contributed by atoms with Crippen molar-refractivity contribution in [1.82, 2.24) is 10.2 Å². The highest BCUT2D eigenvalue weighted by Crippen LogP contribution is 2.39. The number of anilines is 1. The fraction of sp³-hybridized carbons (Fsp3) is 0.118. The lowest BCUT2D eigenvalue weighted by Crippen LogP contribution is -1.92. The highest BCUT2D eigenvalue weighted by atomic mass is 35.5. The molecular weight excluding hydrogens is 282 g/mol. The van der Waals surface area contributed by atoms with Crippen LogP contribution >= 0.6 is 11.6 Å². The van der Waals surface area contributed by atoms with Gasteiger partial charge in [0, 0.05) is 16.1 Å². The highest BCUT2D eigenvalue weighted by Gasteiger charge is 2.18. The minimum Gasteiger partial charge on any atom is -0.382 e. The Labute approximate surface area is 128 Å². The van der Waals surface area contributed by atoms with Crippen molar-refractivity contribution < 1.29 is 0 Å². The first-order chi connectivity index (χ1) is 10.2. The minimum atomic E-state index is 0.462. The average Bonchev–Trinajstić information content (AvgIpc) is 2.89. The molecule has 1 aromatic heterocycles. The Bertz CT molecular complexity index is 777. The van der Waals surface area contributed by atoms with E-state index in [2.05, 4.69) is 29.3 Å². The van der Waals surface area contributed by atoms with Gasteiger partial charge >= 0.3 is 0 Å². The van der Waals surface area contributed by atoms with Crippen molar-refractivity contribution in [3.05, 3.63) is 59.1 Å². The molecule has 106 valence electrons. The molecule has 0 aliphatic heterocycles. The van der Waals surface area contributed by atoms with E-state index in [0.717, 1.165) is 28.8 Å². The predicted molar refractivity (Wildman–Crippen MR) is 88.3 cm³/mol. The number of benzene rings is 2. The number of hydrogen-bond acceptors (Lipinski definition) is 2. The number of halogens is 1. The Morgan fingerprint density at radius 1 is 1.05 bits per heavy atom. The average molecular weight is 298 g/mol. The molecule has 0 radical (unpaired) electrons. The van der Waals surface area contributed by atoms with Gasteiger partial charge in [0.05, 0.1) is 11.3 Å². The van der Waals surface area contributed by atoms with Crippen molar-refractivity contribution in [3.8, 4) is 22.4 Å². The molecule has 3 rings (SSSR count). The van der Waals surface area contributed by atoms with Gasteiger partial charge in [-0.25, -0.2) is 0 Å². The van der Waals surface area contributed by atoms with Crippen molar-refractivity contribution in [2.45, 2.75) is 13.3 Å². The number of nitrogen functional groups attached to an aromatic ring is 1. The Hall–Kier alpha value is -2.26. The van der Waals surface area contributed by atoms with E-state index in [-0.39, 0.29) is 0 Å². The molecule has 0 saturated carbocycles. The molecule has 21 heavy (non-hydrogen) atoms. The van der Waals surface area contributed by atoms with Crippen molar-refractivity contribution in [3.63, 3.8) is 0 Å². The lowest BCUT2D eigenvalue weighted by molar-refractivity contribution is 1.09. The molecule has 0 unspecified atom stereocenters. The smallest absolute Gasteiger partial charge is 0.153 e. The maximum absolute atomic E-state index is 6.32. The standard InChI is InChI=1S/C17H16ClN3/c1-2-11-7-3-4-8-12(11)16-15(17(19)21-20-16)13-9-5-6-10-14(13)18/h3-10H,2H2,1H3,(H3,19,20,21). The monoisotopic (exact) mass is 297 g/mol. The summed E-state index contributed by atoms with van der Waals surface area (Å²) in [5.74, 6) is 0.462. The molecule has 0 amide bonds. The molecule has 0 bridgehead atoms. The van der Waals surface area contributed by atoms with Crippen LogP contribution in [0.25, 0.3) is 22.4 Å². The third-order valence-electron chi connectivity index (χ3n) is 3.61. The molecule has 0 atom stereocenters. The van der Waals surface area contributed by atoms with Crippen molar-refractivity contribution >= 4 is 17.4 Å². The molecule has 0 aliphatic rings. The fourth-order valence-corrected chi connectivity index (χ4v) is 2.79. The van der Waals surface area contributed by atoms with Crippen LogP contribution in [-0.4, -0.2) is 10.2 Å². The van der Waals surface area contributed by atoms with Gasteiger partial charge in [-0.1, -0.05) is 61.0 Å². The summed E-state index contributed by atoms with van der Waals surface area (Å²) in [6, 6.07) is 15.9. The zero-order valence-electron chi connectivity index (χ0n) is 11.7. The number of aryl methyl sites for hydroxylation is 1. The third kappa shape index (κ3) is 2.41. The molecule has 0 spiro atoms. The van der Waals surface area contributed by atoms with Crippen LogP contribution < -0.4 is 5.73 Å². The SMILES string of the molecule is CCc1ccccc1-c1[nH]nc(N)c1-c1ccccc1Cl. The topological polar surface area (TPSA) is 54.7 Å². The Morgan fingerprint density at radius 2 is 1.71 bits per heavy atom. The van der Waals surface area contributed by atoms with Crippen LogP contribution in [0, 0.1) is 0 Å². The van der Waals surface area contributed by atoms with Crippen LogP contribution in [0.5, 0.6) is 0 Å². The van der Waals surface area contributed by atoms with Crippen LogP contribution in [0.2, 0.25) is 5.02 Å². The van der Waals surface area contributed by atoms with E-state index in [1.807, 2.05) is 36.4 Å². The normalized spacial score (nSPS) is 10.8. The van der Waals surface area contributed by atoms with Crippen LogP contribution in [-0.2, 0) is 6.42 Å². The van der Waals surface area contributed by atoms with Gasteiger partial charge in [-0.3, -0.25) is 5.10 Å². The van der Waals surface area contributed by atoms with Crippen LogP contribution in [0.4, 0.5) is 5.82 Å². The van der Waals surface area contributed by atoms with Crippen molar-refractivity contribution in [2.24, 2.45) is 0 Å². The maximum Gasteiger partial charge on any atom is 0.153 e. The van der Waals surface area contributed by atoms with E-state index in [9.17, 15) is 0 Å². The lowest BCUT2D eigenvalue weighted by Gasteiger charge is -2.10. The Kier molecular flexibility index (Phi) is 3.67. The first-order valence-corrected chi connectivity index (χ1v) is 7.27. The highest BCUT2D eigenvalue weighted by molar-refractivity contribution is 6.33. The van der Waals surface area contributed by atoms with Gasteiger partial charge in [0.2, 0.25) is 0 Å². The molecule has 3 N–H and O–H groups in total. The third-order valence-corrected chi connectivity index (χ3v) is 3.93. The Morgan fingerprint density at radius 3 is 2.43 bits per heavy atom. The molecule has 0 aliphatic carbocycles. The molecule has 1 heterocycles. The van der Waals surface area contributed by atoms with Gasteiger partial charge < -0.3 is 5.73 Å². The predicted octanol–water partition coefficient (Wildman–Crippen LogP) is 4.54. The van der Waals surface area contributed by atoms with Gasteiger partial charge in [0.15, 0.2) is 5.82 Å². The number of nitrogens with zero attached hydrogens (tertiary/aromatic N) is 1. The lowest BCUT2D eigenvalue weighted by atomic mass is 9.96. The number of nitrogens with one attached hydrogen (secondary N) is 1. The molecule has 0 saturated heterocycles. The minimum absolute atomic E-state index is 0.462. The number of H-pyrrole nitrogens is 1. The second kappa shape index (κ2) is 5.62. The molecular formula is C17H16ClN3. The van der Waals surface area contributed by atoms with E-state index in [1.165, 1.54) is 5.56 Å². The maximum atomic E-state index is 6.32. The quantitative estimate of drug-likeness (QED) is 0.745. The summed E-state index contributed by atoms with van der Waals surface area (Å²) in [4.78, 5) is 0. The summed E-state index contributed by atoms with van der Waals surface area (Å²) in [5.41, 5.74) is 11.1. The summed E-state index contributed by atoms with van der Waals surface area (Å²) >= 11 is 6.32. The summed E-state index contributed by atoms with van der Waals surface area (Å²) in [6.07, 6.45) is 0.942. The van der Waals surface area contributed by atoms with E-state index in [1.54, 1.807) is 0 Å². The Balaban J connectivity index is 2.25. The number of nitrogens with two attached hydrogens (primary N) is 1. The first-order valence-electron chi connectivity index (χ1n) is 6.89. The van der Waals surface area contributed by atoms with Crippen LogP contribution in [0.15, 0.2) is 48.5 Å². The zero-order chi connectivity index (χ0) is 14.8. The van der Waals surface area contributed by atoms with Gasteiger partial charge in [0.1, 0.15) is 0 Å². The van der Waals surface area contributed by atoms with Gasteiger partial charge in [-0.15, -0.1) is 0 Å². The zero-order valence-corrected chi connectivity index (χ0v) is 12.5. The molecule has 3 aromatic rings. The van der Waals surface area contributed by atoms with E-state index >= 15 is 0 Å². The van der Waals surface area contributed by atoms with Gasteiger partial charge in [-0.2, -0.15) is 5.10 Å². The summed E-state index contributed by atoms with van der Waals surface area (Å²) in [6.45, 7) is 2.13. The molecule has 0 fully saturated rings. The summed E-state index contributed by atoms with van der Waals surface area (Å²) < 4.78 is 0. The van der Waals surface area contributed by atoms with Gasteiger partial charge in [0.25, 0.3) is 0 Å². The van der Waals surface area contributed by atoms with Crippen molar-refractivity contribution in [1.29, 1.82) is 0 Å². The van der Waals surface area contributed by atoms with Crippen LogP contribution in [0.1, 0.15) is 12.5 Å². The molecule has 4 heteroatoms. The van der Waals surface area contributed by atoms with E-state index in [0.29, 0.717) is 10.8 Å². The number of hydrogen-bond donors (Lipinski definition) is 2. The van der Waals surface area contributed by atoms with E-state index in [4.69, 9.17) is 17.3 Å². The van der Waals surface area contributed by atoms with Gasteiger partial charge in [-0.05, 0) is 18.1 Å². The van der Waals surface area contributed by atoms with Crippen molar-refractivity contribution in [2.75, 3.05) is 5.73 Å². The second-order valence-electron chi connectivity index (χ2n) is 4.85.